The SMILES string of the molecule is C=CNC(C)Cc1ccc2c(c1)OCO2. The molecule has 1 aromatic rings. The second kappa shape index (κ2) is 4.26. The summed E-state index contributed by atoms with van der Waals surface area (Å²) in [5.74, 6) is 1.68. The molecule has 1 aliphatic rings. The summed E-state index contributed by atoms with van der Waals surface area (Å²) in [4.78, 5) is 0. The summed E-state index contributed by atoms with van der Waals surface area (Å²) in [7, 11) is 0. The summed E-state index contributed by atoms with van der Waals surface area (Å²) in [6.45, 7) is 6.09. The Morgan fingerprint density at radius 1 is 1.47 bits per heavy atom. The molecule has 1 atom stereocenters. The van der Waals surface area contributed by atoms with Crippen molar-refractivity contribution < 1.29 is 9.47 Å². The van der Waals surface area contributed by atoms with Crippen LogP contribution in [0.4, 0.5) is 0 Å². The van der Waals surface area contributed by atoms with Gasteiger partial charge in [0.1, 0.15) is 0 Å². The maximum atomic E-state index is 5.32. The van der Waals surface area contributed by atoms with Gasteiger partial charge >= 0.3 is 0 Å². The molecule has 0 aromatic heterocycles. The van der Waals surface area contributed by atoms with Crippen molar-refractivity contribution in [2.45, 2.75) is 19.4 Å². The Balaban J connectivity index is 2.06. The summed E-state index contributed by atoms with van der Waals surface area (Å²) >= 11 is 0. The first-order chi connectivity index (χ1) is 7.29. The lowest BCUT2D eigenvalue weighted by Crippen LogP contribution is -2.22. The Morgan fingerprint density at radius 2 is 2.27 bits per heavy atom. The molecular weight excluding hydrogens is 190 g/mol. The van der Waals surface area contributed by atoms with Crippen LogP contribution in [0.3, 0.4) is 0 Å². The predicted octanol–water partition coefficient (Wildman–Crippen LogP) is 2.08. The molecule has 1 aromatic carbocycles. The molecule has 0 amide bonds. The predicted molar refractivity (Wildman–Crippen MR) is 59.1 cm³/mol. The molecule has 0 bridgehead atoms. The second-order valence-electron chi connectivity index (χ2n) is 3.66. The Hall–Kier alpha value is -1.64. The Kier molecular flexibility index (Phi) is 2.81. The fraction of sp³-hybridized carbons (Fsp3) is 0.333. The van der Waals surface area contributed by atoms with Crippen LogP contribution in [-0.2, 0) is 6.42 Å². The molecule has 1 heterocycles. The van der Waals surface area contributed by atoms with Crippen molar-refractivity contribution in [1.82, 2.24) is 5.32 Å². The average molecular weight is 205 g/mol. The minimum absolute atomic E-state index is 0.333. The van der Waals surface area contributed by atoms with Crippen molar-refractivity contribution in [3.8, 4) is 11.5 Å². The molecule has 3 heteroatoms. The van der Waals surface area contributed by atoms with Crippen molar-refractivity contribution in [3.05, 3.63) is 36.5 Å². The van der Waals surface area contributed by atoms with Gasteiger partial charge in [0.05, 0.1) is 0 Å². The first kappa shape index (κ1) is 9.90. The third-order valence-corrected chi connectivity index (χ3v) is 2.38. The van der Waals surface area contributed by atoms with Crippen LogP contribution in [0.2, 0.25) is 0 Å². The molecule has 80 valence electrons. The standard InChI is InChI=1S/C12H15NO2/c1-3-13-9(2)6-10-4-5-11-12(7-10)15-8-14-11/h3-5,7,9,13H,1,6,8H2,2H3. The summed E-state index contributed by atoms with van der Waals surface area (Å²) in [5.41, 5.74) is 1.24. The van der Waals surface area contributed by atoms with Crippen LogP contribution in [0.25, 0.3) is 0 Å². The first-order valence-corrected chi connectivity index (χ1v) is 5.05. The number of ether oxygens (including phenoxy) is 2. The maximum absolute atomic E-state index is 5.32. The lowest BCUT2D eigenvalue weighted by Gasteiger charge is -2.11. The summed E-state index contributed by atoms with van der Waals surface area (Å²) in [6, 6.07) is 6.43. The van der Waals surface area contributed by atoms with E-state index in [0.29, 0.717) is 12.8 Å². The van der Waals surface area contributed by atoms with Gasteiger partial charge in [-0.25, -0.2) is 0 Å². The highest BCUT2D eigenvalue weighted by Gasteiger charge is 2.13. The molecular formula is C12H15NO2. The van der Waals surface area contributed by atoms with Gasteiger partial charge in [0.15, 0.2) is 11.5 Å². The number of fused-ring (bicyclic) bond motifs is 1. The Labute approximate surface area is 89.7 Å². The highest BCUT2D eigenvalue weighted by molar-refractivity contribution is 5.44. The van der Waals surface area contributed by atoms with Gasteiger partial charge in [-0.2, -0.15) is 0 Å². The topological polar surface area (TPSA) is 30.5 Å². The van der Waals surface area contributed by atoms with Gasteiger partial charge in [-0.1, -0.05) is 12.6 Å². The van der Waals surface area contributed by atoms with Crippen LogP contribution in [0, 0.1) is 0 Å². The van der Waals surface area contributed by atoms with E-state index in [0.717, 1.165) is 17.9 Å². The monoisotopic (exact) mass is 205 g/mol. The zero-order valence-corrected chi connectivity index (χ0v) is 8.82. The van der Waals surface area contributed by atoms with Gasteiger partial charge in [-0.15, -0.1) is 0 Å². The van der Waals surface area contributed by atoms with E-state index < -0.39 is 0 Å². The Bertz CT molecular complexity index is 363. The average Bonchev–Trinajstić information content (AvgIpc) is 2.65. The number of nitrogens with one attached hydrogen (secondary N) is 1. The Morgan fingerprint density at radius 3 is 3.07 bits per heavy atom. The molecule has 1 N–H and O–H groups in total. The molecule has 0 radical (unpaired) electrons. The molecule has 0 fully saturated rings. The third-order valence-electron chi connectivity index (χ3n) is 2.38. The number of hydrogen-bond donors (Lipinski definition) is 1. The van der Waals surface area contributed by atoms with E-state index in [1.807, 2.05) is 12.1 Å². The molecule has 1 aliphatic heterocycles. The second-order valence-corrected chi connectivity index (χ2v) is 3.66. The maximum Gasteiger partial charge on any atom is 0.231 e. The van der Waals surface area contributed by atoms with Crippen molar-refractivity contribution in [2.24, 2.45) is 0 Å². The van der Waals surface area contributed by atoms with Crippen LogP contribution in [0.1, 0.15) is 12.5 Å². The molecule has 0 spiro atoms. The highest BCUT2D eigenvalue weighted by Crippen LogP contribution is 2.32. The third kappa shape index (κ3) is 2.24. The van der Waals surface area contributed by atoms with Gasteiger partial charge in [-0.3, -0.25) is 0 Å². The highest BCUT2D eigenvalue weighted by atomic mass is 16.7. The minimum Gasteiger partial charge on any atom is -0.454 e. The van der Waals surface area contributed by atoms with E-state index in [1.165, 1.54) is 5.56 Å². The smallest absolute Gasteiger partial charge is 0.231 e. The van der Waals surface area contributed by atoms with E-state index in [4.69, 9.17) is 9.47 Å². The largest absolute Gasteiger partial charge is 0.454 e. The van der Waals surface area contributed by atoms with E-state index >= 15 is 0 Å². The van der Waals surface area contributed by atoms with Crippen LogP contribution < -0.4 is 14.8 Å². The molecule has 0 saturated carbocycles. The van der Waals surface area contributed by atoms with Gasteiger partial charge < -0.3 is 14.8 Å². The van der Waals surface area contributed by atoms with Gasteiger partial charge in [0.25, 0.3) is 0 Å². The minimum atomic E-state index is 0.333. The first-order valence-electron chi connectivity index (χ1n) is 5.05. The number of rotatable bonds is 4. The lowest BCUT2D eigenvalue weighted by molar-refractivity contribution is 0.174. The van der Waals surface area contributed by atoms with Crippen LogP contribution in [-0.4, -0.2) is 12.8 Å². The molecule has 15 heavy (non-hydrogen) atoms. The number of benzene rings is 1. The number of hydrogen-bond acceptors (Lipinski definition) is 3. The quantitative estimate of drug-likeness (QED) is 0.816. The lowest BCUT2D eigenvalue weighted by atomic mass is 10.1. The summed E-state index contributed by atoms with van der Waals surface area (Å²) in [5, 5.41) is 3.15. The van der Waals surface area contributed by atoms with Gasteiger partial charge in [-0.05, 0) is 37.2 Å². The van der Waals surface area contributed by atoms with Crippen molar-refractivity contribution in [3.63, 3.8) is 0 Å². The van der Waals surface area contributed by atoms with Gasteiger partial charge in [0, 0.05) is 6.04 Å². The molecule has 0 saturated heterocycles. The molecule has 0 aliphatic carbocycles. The zero-order valence-electron chi connectivity index (χ0n) is 8.82. The molecule has 3 nitrogen and oxygen atoms in total. The van der Waals surface area contributed by atoms with E-state index in [1.54, 1.807) is 6.20 Å². The summed E-state index contributed by atoms with van der Waals surface area (Å²) in [6.07, 6.45) is 2.67. The molecule has 1 unspecified atom stereocenters. The van der Waals surface area contributed by atoms with Crippen molar-refractivity contribution in [1.29, 1.82) is 0 Å². The van der Waals surface area contributed by atoms with Crippen molar-refractivity contribution >= 4 is 0 Å². The van der Waals surface area contributed by atoms with Gasteiger partial charge in [0.2, 0.25) is 6.79 Å². The zero-order chi connectivity index (χ0) is 10.7. The fourth-order valence-corrected chi connectivity index (χ4v) is 1.68. The van der Waals surface area contributed by atoms with Crippen molar-refractivity contribution in [2.75, 3.05) is 6.79 Å². The fourth-order valence-electron chi connectivity index (χ4n) is 1.68. The normalized spacial score (nSPS) is 14.7. The van der Waals surface area contributed by atoms with E-state index in [9.17, 15) is 0 Å². The van der Waals surface area contributed by atoms with Crippen LogP contribution in [0.5, 0.6) is 11.5 Å². The molecule has 2 rings (SSSR count). The van der Waals surface area contributed by atoms with Crippen LogP contribution >= 0.6 is 0 Å². The van der Waals surface area contributed by atoms with E-state index in [-0.39, 0.29) is 0 Å². The van der Waals surface area contributed by atoms with E-state index in [2.05, 4.69) is 24.9 Å². The van der Waals surface area contributed by atoms with Crippen LogP contribution in [0.15, 0.2) is 31.0 Å². The summed E-state index contributed by atoms with van der Waals surface area (Å²) < 4.78 is 10.6.